The van der Waals surface area contributed by atoms with Crippen LogP contribution in [0.2, 0.25) is 5.02 Å². The van der Waals surface area contributed by atoms with Crippen molar-refractivity contribution in [1.29, 1.82) is 0 Å². The summed E-state index contributed by atoms with van der Waals surface area (Å²) in [5, 5.41) is 9.80. The summed E-state index contributed by atoms with van der Waals surface area (Å²) >= 11 is 6.09. The Balaban J connectivity index is 1.83. The Hall–Kier alpha value is -0.610. The molecule has 0 aromatic heterocycles. The second-order valence-electron chi connectivity index (χ2n) is 6.18. The van der Waals surface area contributed by atoms with Crippen molar-refractivity contribution in [2.45, 2.75) is 25.8 Å². The van der Waals surface area contributed by atoms with Gasteiger partial charge in [0.15, 0.2) is 0 Å². The van der Waals surface area contributed by atoms with Crippen LogP contribution in [0, 0.1) is 5.92 Å². The van der Waals surface area contributed by atoms with Gasteiger partial charge < -0.3 is 10.0 Å². The molecule has 1 heterocycles. The van der Waals surface area contributed by atoms with Gasteiger partial charge in [0.1, 0.15) is 0 Å². The Morgan fingerprint density at radius 2 is 2.10 bits per heavy atom. The molecule has 1 atom stereocenters. The summed E-state index contributed by atoms with van der Waals surface area (Å²) in [7, 11) is 2.20. The van der Waals surface area contributed by atoms with Crippen LogP contribution in [0.3, 0.4) is 0 Å². The number of likely N-dealkylation sites (tertiary alicyclic amines) is 1. The van der Waals surface area contributed by atoms with E-state index in [9.17, 15) is 0 Å². The SMILES string of the molecule is CC(c1cccc(Cl)c1)N(C)CC1CCN(CCO)CC1. The first-order valence-corrected chi connectivity index (χ1v) is 8.27. The van der Waals surface area contributed by atoms with Crippen LogP contribution in [-0.4, -0.2) is 54.7 Å². The highest BCUT2D eigenvalue weighted by Gasteiger charge is 2.22. The lowest BCUT2D eigenvalue weighted by atomic mass is 9.95. The molecule has 0 bridgehead atoms. The number of hydrogen-bond donors (Lipinski definition) is 1. The molecule has 1 aliphatic heterocycles. The Kier molecular flexibility index (Phi) is 6.49. The van der Waals surface area contributed by atoms with Crippen LogP contribution >= 0.6 is 11.6 Å². The normalized spacial score (nSPS) is 19.1. The third-order valence-corrected chi connectivity index (χ3v) is 4.90. The summed E-state index contributed by atoms with van der Waals surface area (Å²) in [4.78, 5) is 4.79. The Bertz CT molecular complexity index is 433. The van der Waals surface area contributed by atoms with E-state index in [0.717, 1.165) is 37.1 Å². The number of hydrogen-bond acceptors (Lipinski definition) is 3. The van der Waals surface area contributed by atoms with Crippen molar-refractivity contribution in [2.75, 3.05) is 39.8 Å². The van der Waals surface area contributed by atoms with Crippen LogP contribution in [0.5, 0.6) is 0 Å². The predicted molar refractivity (Wildman–Crippen MR) is 88.7 cm³/mol. The lowest BCUT2D eigenvalue weighted by Gasteiger charge is -2.35. The summed E-state index contributed by atoms with van der Waals surface area (Å²) in [5.74, 6) is 0.756. The van der Waals surface area contributed by atoms with E-state index in [4.69, 9.17) is 16.7 Å². The van der Waals surface area contributed by atoms with E-state index in [2.05, 4.69) is 35.9 Å². The van der Waals surface area contributed by atoms with Gasteiger partial charge in [-0.2, -0.15) is 0 Å². The first kappa shape index (κ1) is 16.8. The molecule has 1 saturated heterocycles. The molecule has 2 rings (SSSR count). The molecule has 1 aromatic carbocycles. The molecule has 21 heavy (non-hydrogen) atoms. The van der Waals surface area contributed by atoms with Crippen molar-refractivity contribution in [3.8, 4) is 0 Å². The lowest BCUT2D eigenvalue weighted by Crippen LogP contribution is -2.39. The van der Waals surface area contributed by atoms with E-state index < -0.39 is 0 Å². The fourth-order valence-corrected chi connectivity index (χ4v) is 3.32. The topological polar surface area (TPSA) is 26.7 Å². The highest BCUT2D eigenvalue weighted by molar-refractivity contribution is 6.30. The summed E-state index contributed by atoms with van der Waals surface area (Å²) in [5.41, 5.74) is 1.28. The van der Waals surface area contributed by atoms with Crippen molar-refractivity contribution in [3.05, 3.63) is 34.9 Å². The van der Waals surface area contributed by atoms with E-state index in [0.29, 0.717) is 6.04 Å². The van der Waals surface area contributed by atoms with E-state index in [-0.39, 0.29) is 6.61 Å². The minimum atomic E-state index is 0.274. The van der Waals surface area contributed by atoms with Gasteiger partial charge >= 0.3 is 0 Å². The Morgan fingerprint density at radius 3 is 2.71 bits per heavy atom. The third kappa shape index (κ3) is 4.96. The average Bonchev–Trinajstić information content (AvgIpc) is 2.48. The molecule has 1 aromatic rings. The highest BCUT2D eigenvalue weighted by atomic mass is 35.5. The monoisotopic (exact) mass is 310 g/mol. The molecule has 0 amide bonds. The summed E-state index contributed by atoms with van der Waals surface area (Å²) in [6, 6.07) is 8.55. The largest absolute Gasteiger partial charge is 0.395 e. The fraction of sp³-hybridized carbons (Fsp3) is 0.647. The van der Waals surface area contributed by atoms with E-state index in [1.807, 2.05) is 12.1 Å². The zero-order chi connectivity index (χ0) is 15.2. The molecule has 4 heteroatoms. The van der Waals surface area contributed by atoms with Gasteiger partial charge in [-0.3, -0.25) is 4.90 Å². The van der Waals surface area contributed by atoms with Crippen LogP contribution in [0.15, 0.2) is 24.3 Å². The molecule has 0 aliphatic carbocycles. The number of aliphatic hydroxyl groups excluding tert-OH is 1. The lowest BCUT2D eigenvalue weighted by molar-refractivity contribution is 0.121. The molecule has 0 radical (unpaired) electrons. The predicted octanol–water partition coefficient (Wildman–Crippen LogP) is 3.04. The van der Waals surface area contributed by atoms with Crippen LogP contribution < -0.4 is 0 Å². The minimum Gasteiger partial charge on any atom is -0.395 e. The van der Waals surface area contributed by atoms with Crippen LogP contribution in [0.25, 0.3) is 0 Å². The number of β-amino-alcohol motifs (C(OH)–C–C–N with tert-alkyl or cyclic N) is 1. The minimum absolute atomic E-state index is 0.274. The van der Waals surface area contributed by atoms with Gasteiger partial charge in [-0.25, -0.2) is 0 Å². The maximum Gasteiger partial charge on any atom is 0.0558 e. The van der Waals surface area contributed by atoms with E-state index in [1.165, 1.54) is 18.4 Å². The molecule has 1 unspecified atom stereocenters. The standard InChI is InChI=1S/C17H27ClN2O/c1-14(16-4-3-5-17(18)12-16)19(2)13-15-6-8-20(9-7-15)10-11-21/h3-5,12,14-15,21H,6-11,13H2,1-2H3. The van der Waals surface area contributed by atoms with Gasteiger partial charge in [-0.15, -0.1) is 0 Å². The number of halogens is 1. The molecule has 1 aliphatic rings. The van der Waals surface area contributed by atoms with E-state index in [1.54, 1.807) is 0 Å². The first-order chi connectivity index (χ1) is 10.1. The fourth-order valence-electron chi connectivity index (χ4n) is 3.12. The molecule has 3 nitrogen and oxygen atoms in total. The van der Waals surface area contributed by atoms with Crippen molar-refractivity contribution in [3.63, 3.8) is 0 Å². The molecule has 1 fully saturated rings. The van der Waals surface area contributed by atoms with Crippen LogP contribution in [-0.2, 0) is 0 Å². The molecular weight excluding hydrogens is 284 g/mol. The number of nitrogens with zero attached hydrogens (tertiary/aromatic N) is 2. The average molecular weight is 311 g/mol. The van der Waals surface area contributed by atoms with Crippen LogP contribution in [0.1, 0.15) is 31.4 Å². The molecule has 0 saturated carbocycles. The quantitative estimate of drug-likeness (QED) is 0.875. The van der Waals surface area contributed by atoms with Gasteiger partial charge in [-0.1, -0.05) is 23.7 Å². The Labute approximate surface area is 133 Å². The van der Waals surface area contributed by atoms with Crippen molar-refractivity contribution < 1.29 is 5.11 Å². The van der Waals surface area contributed by atoms with E-state index >= 15 is 0 Å². The first-order valence-electron chi connectivity index (χ1n) is 7.89. The second-order valence-corrected chi connectivity index (χ2v) is 6.62. The van der Waals surface area contributed by atoms with Gasteiger partial charge in [0.2, 0.25) is 0 Å². The smallest absolute Gasteiger partial charge is 0.0558 e. The molecule has 1 N–H and O–H groups in total. The van der Waals surface area contributed by atoms with Gasteiger partial charge in [-0.05, 0) is 63.5 Å². The number of rotatable bonds is 6. The van der Waals surface area contributed by atoms with Crippen molar-refractivity contribution >= 4 is 11.6 Å². The summed E-state index contributed by atoms with van der Waals surface area (Å²) < 4.78 is 0. The van der Waals surface area contributed by atoms with Gasteiger partial charge in [0, 0.05) is 24.2 Å². The number of benzene rings is 1. The maximum atomic E-state index is 8.99. The zero-order valence-electron chi connectivity index (χ0n) is 13.1. The van der Waals surface area contributed by atoms with Crippen molar-refractivity contribution in [2.24, 2.45) is 5.92 Å². The van der Waals surface area contributed by atoms with Crippen molar-refractivity contribution in [1.82, 2.24) is 9.80 Å². The molecule has 0 spiro atoms. The summed E-state index contributed by atoms with van der Waals surface area (Å²) in [6.07, 6.45) is 2.46. The summed E-state index contributed by atoms with van der Waals surface area (Å²) in [6.45, 7) is 6.69. The van der Waals surface area contributed by atoms with Gasteiger partial charge in [0.25, 0.3) is 0 Å². The Morgan fingerprint density at radius 1 is 1.38 bits per heavy atom. The van der Waals surface area contributed by atoms with Crippen LogP contribution in [0.4, 0.5) is 0 Å². The molecule has 118 valence electrons. The maximum absolute atomic E-state index is 8.99. The van der Waals surface area contributed by atoms with Gasteiger partial charge in [0.05, 0.1) is 6.61 Å². The zero-order valence-corrected chi connectivity index (χ0v) is 13.9. The number of aliphatic hydroxyl groups is 1. The number of piperidine rings is 1. The second kappa shape index (κ2) is 8.14. The third-order valence-electron chi connectivity index (χ3n) is 4.66. The highest BCUT2D eigenvalue weighted by Crippen LogP contribution is 2.25. The molecular formula is C17H27ClN2O.